The maximum Gasteiger partial charge on any atom is 0.351 e. The fourth-order valence-corrected chi connectivity index (χ4v) is 1.74. The van der Waals surface area contributed by atoms with E-state index in [9.17, 15) is 4.79 Å². The highest BCUT2D eigenvalue weighted by Crippen LogP contribution is 2.26. The van der Waals surface area contributed by atoms with E-state index in [1.54, 1.807) is 0 Å². The zero-order valence-electron chi connectivity index (χ0n) is 9.93. The van der Waals surface area contributed by atoms with Crippen molar-refractivity contribution in [3.05, 3.63) is 35.4 Å². The second-order valence-electron chi connectivity index (χ2n) is 4.39. The summed E-state index contributed by atoms with van der Waals surface area (Å²) in [5.74, 6) is -0.985. The molecule has 0 radical (unpaired) electrons. The highest BCUT2D eigenvalue weighted by molar-refractivity contribution is 6.04. The molecule has 0 amide bonds. The number of nitrogens with zero attached hydrogens (tertiary/aromatic N) is 1. The minimum Gasteiger partial charge on any atom is -0.478 e. The van der Waals surface area contributed by atoms with Crippen molar-refractivity contribution in [3.8, 4) is 0 Å². The number of carboxylic acids is 1. The van der Waals surface area contributed by atoms with Gasteiger partial charge in [0.25, 0.3) is 0 Å². The van der Waals surface area contributed by atoms with E-state index >= 15 is 0 Å². The van der Waals surface area contributed by atoms with E-state index in [-0.39, 0.29) is 0 Å². The van der Waals surface area contributed by atoms with E-state index in [2.05, 4.69) is 12.1 Å². The lowest BCUT2D eigenvalue weighted by molar-refractivity contribution is -0.160. The Kier molecular flexibility index (Phi) is 2.88. The molecular formula is C13H15NO3. The molecule has 4 nitrogen and oxygen atoms in total. The van der Waals surface area contributed by atoms with Crippen LogP contribution >= 0.6 is 0 Å². The summed E-state index contributed by atoms with van der Waals surface area (Å²) < 4.78 is 0. The van der Waals surface area contributed by atoms with Crippen LogP contribution in [0.1, 0.15) is 31.4 Å². The molecule has 0 fully saturated rings. The predicted octanol–water partition coefficient (Wildman–Crippen LogP) is 2.22. The fraction of sp³-hybridized carbons (Fsp3) is 0.385. The van der Waals surface area contributed by atoms with Crippen molar-refractivity contribution in [2.24, 2.45) is 5.16 Å². The average molecular weight is 233 g/mol. The standard InChI is InChI=1S/C13H15NO3/c1-3-9-4-6-10(7-5-9)11-8-13(2,12(15)16)17-14-11/h4-7H,3,8H2,1-2H3,(H,15,16)/t13-/m0/s1. The minimum atomic E-state index is -1.22. The summed E-state index contributed by atoms with van der Waals surface area (Å²) in [5.41, 5.74) is 1.64. The third-order valence-corrected chi connectivity index (χ3v) is 3.01. The summed E-state index contributed by atoms with van der Waals surface area (Å²) in [4.78, 5) is 16.0. The van der Waals surface area contributed by atoms with Crippen LogP contribution in [0.4, 0.5) is 0 Å². The highest BCUT2D eigenvalue weighted by Gasteiger charge is 2.42. The van der Waals surface area contributed by atoms with Crippen LogP contribution < -0.4 is 0 Å². The van der Waals surface area contributed by atoms with Gasteiger partial charge >= 0.3 is 5.97 Å². The van der Waals surface area contributed by atoms with Crippen molar-refractivity contribution in [2.75, 3.05) is 0 Å². The van der Waals surface area contributed by atoms with Crippen LogP contribution in [-0.4, -0.2) is 22.4 Å². The molecule has 0 unspecified atom stereocenters. The van der Waals surface area contributed by atoms with Gasteiger partial charge < -0.3 is 9.94 Å². The van der Waals surface area contributed by atoms with Crippen LogP contribution in [0.3, 0.4) is 0 Å². The van der Waals surface area contributed by atoms with Gasteiger partial charge in [-0.15, -0.1) is 0 Å². The molecular weight excluding hydrogens is 218 g/mol. The highest BCUT2D eigenvalue weighted by atomic mass is 16.7. The van der Waals surface area contributed by atoms with Crippen LogP contribution in [0, 0.1) is 0 Å². The van der Waals surface area contributed by atoms with Gasteiger partial charge in [-0.05, 0) is 24.5 Å². The van der Waals surface area contributed by atoms with E-state index in [1.807, 2.05) is 24.3 Å². The predicted molar refractivity (Wildman–Crippen MR) is 64.1 cm³/mol. The molecule has 0 aromatic heterocycles. The second kappa shape index (κ2) is 4.20. The molecule has 1 heterocycles. The summed E-state index contributed by atoms with van der Waals surface area (Å²) in [6, 6.07) is 7.95. The van der Waals surface area contributed by atoms with Crippen LogP contribution in [0.2, 0.25) is 0 Å². The Hall–Kier alpha value is -1.84. The molecule has 0 aliphatic carbocycles. The average Bonchev–Trinajstić information content (AvgIpc) is 2.74. The third-order valence-electron chi connectivity index (χ3n) is 3.01. The molecule has 1 N–H and O–H groups in total. The van der Waals surface area contributed by atoms with Crippen molar-refractivity contribution in [1.82, 2.24) is 0 Å². The van der Waals surface area contributed by atoms with Gasteiger partial charge in [0, 0.05) is 6.42 Å². The molecule has 4 heteroatoms. The van der Waals surface area contributed by atoms with Crippen molar-refractivity contribution < 1.29 is 14.7 Å². The number of aliphatic carboxylic acids is 1. The first-order chi connectivity index (χ1) is 8.05. The van der Waals surface area contributed by atoms with Gasteiger partial charge in [-0.25, -0.2) is 4.79 Å². The van der Waals surface area contributed by atoms with Crippen LogP contribution in [0.5, 0.6) is 0 Å². The van der Waals surface area contributed by atoms with Gasteiger partial charge in [-0.3, -0.25) is 0 Å². The van der Waals surface area contributed by atoms with Crippen LogP contribution in [0.15, 0.2) is 29.4 Å². The van der Waals surface area contributed by atoms with E-state index < -0.39 is 11.6 Å². The second-order valence-corrected chi connectivity index (χ2v) is 4.39. The maximum atomic E-state index is 11.0. The maximum absolute atomic E-state index is 11.0. The van der Waals surface area contributed by atoms with Crippen LogP contribution in [0.25, 0.3) is 0 Å². The number of carbonyl (C=O) groups is 1. The first-order valence-corrected chi connectivity index (χ1v) is 5.63. The smallest absolute Gasteiger partial charge is 0.351 e. The monoisotopic (exact) mass is 233 g/mol. The summed E-state index contributed by atoms with van der Waals surface area (Å²) in [6.45, 7) is 3.62. The summed E-state index contributed by atoms with van der Waals surface area (Å²) >= 11 is 0. The quantitative estimate of drug-likeness (QED) is 0.870. The number of rotatable bonds is 3. The number of aryl methyl sites for hydroxylation is 1. The Balaban J connectivity index is 2.17. The molecule has 1 aliphatic rings. The number of hydrogen-bond acceptors (Lipinski definition) is 3. The summed E-state index contributed by atoms with van der Waals surface area (Å²) in [7, 11) is 0. The van der Waals surface area contributed by atoms with Crippen LogP contribution in [-0.2, 0) is 16.1 Å². The molecule has 1 aromatic rings. The molecule has 17 heavy (non-hydrogen) atoms. The largest absolute Gasteiger partial charge is 0.478 e. The molecule has 0 saturated heterocycles. The topological polar surface area (TPSA) is 58.9 Å². The molecule has 90 valence electrons. The zero-order chi connectivity index (χ0) is 12.5. The molecule has 1 aliphatic heterocycles. The van der Waals surface area contributed by atoms with Gasteiger partial charge in [0.15, 0.2) is 0 Å². The van der Waals surface area contributed by atoms with Crippen molar-refractivity contribution in [3.63, 3.8) is 0 Å². The first kappa shape index (κ1) is 11.6. The number of hydrogen-bond donors (Lipinski definition) is 1. The molecule has 0 bridgehead atoms. The Morgan fingerprint density at radius 2 is 2.12 bits per heavy atom. The molecule has 2 rings (SSSR count). The van der Waals surface area contributed by atoms with Gasteiger partial charge in [0.05, 0.1) is 5.71 Å². The normalized spacial score (nSPS) is 23.1. The van der Waals surface area contributed by atoms with E-state index in [0.717, 1.165) is 12.0 Å². The SMILES string of the molecule is CCc1ccc(C2=NO[C@](C)(C(=O)O)C2)cc1. The van der Waals surface area contributed by atoms with Gasteiger partial charge in [0.1, 0.15) is 0 Å². The third kappa shape index (κ3) is 2.16. The first-order valence-electron chi connectivity index (χ1n) is 5.63. The lowest BCUT2D eigenvalue weighted by Gasteiger charge is -2.14. The van der Waals surface area contributed by atoms with E-state index in [4.69, 9.17) is 9.94 Å². The zero-order valence-corrected chi connectivity index (χ0v) is 9.93. The van der Waals surface area contributed by atoms with Crippen molar-refractivity contribution in [2.45, 2.75) is 32.3 Å². The number of benzene rings is 1. The molecule has 0 saturated carbocycles. The van der Waals surface area contributed by atoms with Crippen molar-refractivity contribution in [1.29, 1.82) is 0 Å². The van der Waals surface area contributed by atoms with Gasteiger partial charge in [-0.1, -0.05) is 36.3 Å². The summed E-state index contributed by atoms with van der Waals surface area (Å²) in [6.07, 6.45) is 1.28. The van der Waals surface area contributed by atoms with Gasteiger partial charge in [-0.2, -0.15) is 0 Å². The van der Waals surface area contributed by atoms with Gasteiger partial charge in [0.2, 0.25) is 5.60 Å². The minimum absolute atomic E-state index is 0.299. The Bertz CT molecular complexity index is 464. The lowest BCUT2D eigenvalue weighted by Crippen LogP contribution is -2.35. The lowest BCUT2D eigenvalue weighted by atomic mass is 9.95. The Morgan fingerprint density at radius 3 is 2.59 bits per heavy atom. The fourth-order valence-electron chi connectivity index (χ4n) is 1.74. The molecule has 0 spiro atoms. The van der Waals surface area contributed by atoms with E-state index in [1.165, 1.54) is 12.5 Å². The Labute approximate surface area is 99.9 Å². The summed E-state index contributed by atoms with van der Waals surface area (Å²) in [5, 5.41) is 12.9. The molecule has 1 aromatic carbocycles. The number of oxime groups is 1. The van der Waals surface area contributed by atoms with E-state index in [0.29, 0.717) is 12.1 Å². The Morgan fingerprint density at radius 1 is 1.47 bits per heavy atom. The number of carboxylic acid groups (broad SMARTS) is 1. The molecule has 1 atom stereocenters. The van der Waals surface area contributed by atoms with Crippen molar-refractivity contribution >= 4 is 11.7 Å².